The predicted octanol–water partition coefficient (Wildman–Crippen LogP) is 2.17. The summed E-state index contributed by atoms with van der Waals surface area (Å²) in [6.07, 6.45) is 0. The zero-order valence-corrected chi connectivity index (χ0v) is 11.3. The zero-order valence-electron chi connectivity index (χ0n) is 11.3. The van der Waals surface area contributed by atoms with Crippen molar-refractivity contribution in [1.29, 1.82) is 0 Å². The maximum absolute atomic E-state index is 13.8. The number of Topliss-reactive ketones (excluding diaryl/α,β-unsaturated/α-hetero) is 1. The van der Waals surface area contributed by atoms with Gasteiger partial charge in [-0.2, -0.15) is 0 Å². The predicted molar refractivity (Wildman–Crippen MR) is 68.7 cm³/mol. The molecule has 2 rings (SSSR count). The lowest BCUT2D eigenvalue weighted by molar-refractivity contribution is -0.114. The highest BCUT2D eigenvalue weighted by Crippen LogP contribution is 2.32. The van der Waals surface area contributed by atoms with Crippen LogP contribution in [0.4, 0.5) is 14.5 Å². The largest absolute Gasteiger partial charge is 0.379 e. The van der Waals surface area contributed by atoms with Crippen LogP contribution in [0.15, 0.2) is 12.1 Å². The minimum atomic E-state index is -0.914. The Morgan fingerprint density at radius 1 is 1.25 bits per heavy atom. The molecule has 1 aromatic carbocycles. The summed E-state index contributed by atoms with van der Waals surface area (Å²) in [6.45, 7) is 4.71. The van der Waals surface area contributed by atoms with Gasteiger partial charge in [-0.1, -0.05) is 13.8 Å². The summed E-state index contributed by atoms with van der Waals surface area (Å²) in [5.74, 6) is -3.19. The number of ether oxygens (including phenoxy) is 1. The highest BCUT2D eigenvalue weighted by Gasteiger charge is 2.38. The highest BCUT2D eigenvalue weighted by atomic mass is 19.1. The summed E-state index contributed by atoms with van der Waals surface area (Å²) >= 11 is 0. The van der Waals surface area contributed by atoms with Crippen molar-refractivity contribution in [2.45, 2.75) is 13.8 Å². The van der Waals surface area contributed by atoms with Crippen LogP contribution in [0.1, 0.15) is 24.2 Å². The summed E-state index contributed by atoms with van der Waals surface area (Å²) in [7, 11) is 0. The maximum Gasteiger partial charge on any atom is 0.299 e. The van der Waals surface area contributed by atoms with E-state index in [4.69, 9.17) is 4.74 Å². The molecule has 0 unspecified atom stereocenters. The van der Waals surface area contributed by atoms with E-state index in [1.54, 1.807) is 0 Å². The van der Waals surface area contributed by atoms with Crippen molar-refractivity contribution in [1.82, 2.24) is 0 Å². The van der Waals surface area contributed by atoms with Gasteiger partial charge in [0.15, 0.2) is 5.82 Å². The van der Waals surface area contributed by atoms with Crippen molar-refractivity contribution in [3.63, 3.8) is 0 Å². The molecular formula is C14H15F2NO3. The Kier molecular flexibility index (Phi) is 4.13. The van der Waals surface area contributed by atoms with Crippen molar-refractivity contribution in [2.75, 3.05) is 24.7 Å². The second kappa shape index (κ2) is 5.66. The van der Waals surface area contributed by atoms with Gasteiger partial charge < -0.3 is 4.74 Å². The molecule has 0 spiro atoms. The van der Waals surface area contributed by atoms with E-state index in [1.165, 1.54) is 0 Å². The van der Waals surface area contributed by atoms with Crippen LogP contribution in [0, 0.1) is 17.6 Å². The number of anilines is 1. The molecule has 0 N–H and O–H groups in total. The summed E-state index contributed by atoms with van der Waals surface area (Å²) in [5.41, 5.74) is -0.383. The van der Waals surface area contributed by atoms with Crippen LogP contribution in [-0.2, 0) is 9.53 Å². The Labute approximate surface area is 115 Å². The molecule has 4 nitrogen and oxygen atoms in total. The fourth-order valence-electron chi connectivity index (χ4n) is 2.04. The van der Waals surface area contributed by atoms with Crippen molar-refractivity contribution < 1.29 is 23.1 Å². The van der Waals surface area contributed by atoms with Gasteiger partial charge in [0.1, 0.15) is 5.82 Å². The molecule has 1 aliphatic heterocycles. The lowest BCUT2D eigenvalue weighted by atomic mass is 10.1. The van der Waals surface area contributed by atoms with Crippen LogP contribution in [0.5, 0.6) is 0 Å². The number of ketones is 1. The molecule has 1 aromatic rings. The zero-order chi connectivity index (χ0) is 14.9. The van der Waals surface area contributed by atoms with Gasteiger partial charge in [0, 0.05) is 19.2 Å². The first kappa shape index (κ1) is 14.6. The smallest absolute Gasteiger partial charge is 0.299 e. The second-order valence-corrected chi connectivity index (χ2v) is 5.04. The first-order valence-electron chi connectivity index (χ1n) is 6.34. The number of fused-ring (bicyclic) bond motifs is 1. The molecule has 0 saturated heterocycles. The Hall–Kier alpha value is -1.82. The molecule has 0 fully saturated rings. The quantitative estimate of drug-likeness (QED) is 0.614. The summed E-state index contributed by atoms with van der Waals surface area (Å²) < 4.78 is 32.2. The summed E-state index contributed by atoms with van der Waals surface area (Å²) in [6, 6.07) is 1.54. The molecule has 6 heteroatoms. The minimum Gasteiger partial charge on any atom is -0.379 e. The van der Waals surface area contributed by atoms with Crippen LogP contribution in [0.25, 0.3) is 0 Å². The van der Waals surface area contributed by atoms with Gasteiger partial charge in [0.2, 0.25) is 0 Å². The van der Waals surface area contributed by atoms with Gasteiger partial charge in [-0.05, 0) is 12.0 Å². The molecule has 1 aliphatic rings. The average Bonchev–Trinajstić information content (AvgIpc) is 2.59. The first-order chi connectivity index (χ1) is 9.41. The molecule has 1 heterocycles. The number of benzene rings is 1. The maximum atomic E-state index is 13.8. The van der Waals surface area contributed by atoms with Crippen LogP contribution in [0.2, 0.25) is 0 Å². The van der Waals surface area contributed by atoms with Gasteiger partial charge in [0.25, 0.3) is 11.7 Å². The van der Waals surface area contributed by atoms with E-state index in [2.05, 4.69) is 0 Å². The van der Waals surface area contributed by atoms with E-state index >= 15 is 0 Å². The normalized spacial score (nSPS) is 14.3. The van der Waals surface area contributed by atoms with Crippen molar-refractivity contribution in [3.05, 3.63) is 29.3 Å². The fraction of sp³-hybridized carbons (Fsp3) is 0.429. The Bertz CT molecular complexity index is 558. The number of hydrogen-bond donors (Lipinski definition) is 0. The van der Waals surface area contributed by atoms with Crippen LogP contribution >= 0.6 is 0 Å². The topological polar surface area (TPSA) is 46.6 Å². The molecule has 0 radical (unpaired) electrons. The molecule has 0 aromatic heterocycles. The van der Waals surface area contributed by atoms with Gasteiger partial charge in [0.05, 0.1) is 17.9 Å². The Balaban J connectivity index is 2.16. The van der Waals surface area contributed by atoms with E-state index in [1.807, 2.05) is 13.8 Å². The van der Waals surface area contributed by atoms with Crippen LogP contribution in [0.3, 0.4) is 0 Å². The Morgan fingerprint density at radius 3 is 2.60 bits per heavy atom. The standard InChI is InChI=1S/C14H15F2NO3/c1-8(2)7-20-4-3-17-12-10(13(18)14(17)19)5-9(15)6-11(12)16/h5-6,8H,3-4,7H2,1-2H3. The number of carbonyl (C=O) groups is 2. The number of rotatable bonds is 5. The van der Waals surface area contributed by atoms with Gasteiger partial charge in [-0.15, -0.1) is 0 Å². The highest BCUT2D eigenvalue weighted by molar-refractivity contribution is 6.52. The third-order valence-corrected chi connectivity index (χ3v) is 2.89. The van der Waals surface area contributed by atoms with Gasteiger partial charge >= 0.3 is 0 Å². The second-order valence-electron chi connectivity index (χ2n) is 5.04. The number of halogens is 2. The SMILES string of the molecule is CC(C)COCCN1C(=O)C(=O)c2cc(F)cc(F)c21. The van der Waals surface area contributed by atoms with Crippen molar-refractivity contribution >= 4 is 17.4 Å². The van der Waals surface area contributed by atoms with Crippen molar-refractivity contribution in [2.24, 2.45) is 5.92 Å². The van der Waals surface area contributed by atoms with E-state index in [0.717, 1.165) is 11.0 Å². The first-order valence-corrected chi connectivity index (χ1v) is 6.34. The number of nitrogens with zero attached hydrogens (tertiary/aromatic N) is 1. The van der Waals surface area contributed by atoms with Crippen molar-refractivity contribution in [3.8, 4) is 0 Å². The third-order valence-electron chi connectivity index (χ3n) is 2.89. The lowest BCUT2D eigenvalue weighted by Crippen LogP contribution is -2.33. The molecule has 0 atom stereocenters. The monoisotopic (exact) mass is 283 g/mol. The average molecular weight is 283 g/mol. The summed E-state index contributed by atoms with van der Waals surface area (Å²) in [5, 5.41) is 0. The van der Waals surface area contributed by atoms with Gasteiger partial charge in [-0.25, -0.2) is 8.78 Å². The number of amides is 1. The lowest BCUT2D eigenvalue weighted by Gasteiger charge is -2.17. The van der Waals surface area contributed by atoms with E-state index in [0.29, 0.717) is 18.6 Å². The van der Waals surface area contributed by atoms with Gasteiger partial charge in [-0.3, -0.25) is 14.5 Å². The molecule has 108 valence electrons. The number of hydrogen-bond acceptors (Lipinski definition) is 3. The summed E-state index contributed by atoms with van der Waals surface area (Å²) in [4.78, 5) is 24.5. The molecule has 0 aliphatic carbocycles. The molecule has 0 saturated carbocycles. The number of carbonyl (C=O) groups excluding carboxylic acids is 2. The molecule has 1 amide bonds. The third kappa shape index (κ3) is 2.70. The Morgan fingerprint density at radius 2 is 1.95 bits per heavy atom. The fourth-order valence-corrected chi connectivity index (χ4v) is 2.04. The van der Waals surface area contributed by atoms with Crippen LogP contribution in [-0.4, -0.2) is 31.4 Å². The molecule has 20 heavy (non-hydrogen) atoms. The van der Waals surface area contributed by atoms with E-state index in [-0.39, 0.29) is 24.4 Å². The minimum absolute atomic E-state index is 0.0623. The van der Waals surface area contributed by atoms with Crippen LogP contribution < -0.4 is 4.90 Å². The van der Waals surface area contributed by atoms with E-state index in [9.17, 15) is 18.4 Å². The van der Waals surface area contributed by atoms with E-state index < -0.39 is 23.3 Å². The molecular weight excluding hydrogens is 268 g/mol. The molecule has 0 bridgehead atoms.